The molecule has 2 aromatic rings. The van der Waals surface area contributed by atoms with Gasteiger partial charge in [0.05, 0.1) is 11.2 Å². The van der Waals surface area contributed by atoms with E-state index in [1.807, 2.05) is 23.1 Å². The molecule has 22 heavy (non-hydrogen) atoms. The van der Waals surface area contributed by atoms with E-state index in [2.05, 4.69) is 11.5 Å². The molecule has 0 saturated carbocycles. The van der Waals surface area contributed by atoms with Crippen LogP contribution in [0.1, 0.15) is 38.4 Å². The van der Waals surface area contributed by atoms with E-state index in [0.717, 1.165) is 62.1 Å². The molecule has 5 heteroatoms. The Bertz CT molecular complexity index is 671. The molecule has 3 rings (SSSR count). The number of hydrogen-bond acceptors (Lipinski definition) is 3. The Morgan fingerprint density at radius 2 is 2.09 bits per heavy atom. The molecule has 1 aliphatic heterocycles. The number of benzene rings is 1. The second-order valence-corrected chi connectivity index (χ2v) is 6.02. The number of fused-ring (bicyclic) bond motifs is 1. The summed E-state index contributed by atoms with van der Waals surface area (Å²) in [5.74, 6) is 1.17. The van der Waals surface area contributed by atoms with Crippen LogP contribution in [0.25, 0.3) is 11.0 Å². The molecule has 0 aliphatic carbocycles. The van der Waals surface area contributed by atoms with Crippen LogP contribution in [0.5, 0.6) is 0 Å². The summed E-state index contributed by atoms with van der Waals surface area (Å²) in [4.78, 5) is 19.2. The van der Waals surface area contributed by atoms with Crippen molar-refractivity contribution in [2.75, 3.05) is 18.8 Å². The van der Waals surface area contributed by atoms with Crippen molar-refractivity contribution in [2.24, 2.45) is 0 Å². The molecule has 0 spiro atoms. The summed E-state index contributed by atoms with van der Waals surface area (Å²) in [7, 11) is 0. The Morgan fingerprint density at radius 3 is 2.82 bits per heavy atom. The first-order valence-electron chi connectivity index (χ1n) is 8.22. The molecule has 5 nitrogen and oxygen atoms in total. The van der Waals surface area contributed by atoms with Crippen LogP contribution in [0.2, 0.25) is 0 Å². The quantitative estimate of drug-likeness (QED) is 0.863. The second-order valence-electron chi connectivity index (χ2n) is 6.02. The van der Waals surface area contributed by atoms with Gasteiger partial charge in [0.1, 0.15) is 17.9 Å². The van der Waals surface area contributed by atoms with E-state index in [0.29, 0.717) is 12.2 Å². The number of carbonyl (C=O) groups is 1. The number of hydrogen-bond donors (Lipinski definition) is 1. The highest BCUT2D eigenvalue weighted by atomic mass is 16.2. The third kappa shape index (κ3) is 2.80. The van der Waals surface area contributed by atoms with E-state index in [1.165, 1.54) is 0 Å². The number of aromatic nitrogens is 2. The third-order valence-electron chi connectivity index (χ3n) is 4.40. The Hall–Kier alpha value is -2.04. The number of nitrogen functional groups attached to an aromatic ring is 1. The number of anilines is 1. The van der Waals surface area contributed by atoms with E-state index in [9.17, 15) is 4.79 Å². The number of imidazole rings is 1. The highest BCUT2D eigenvalue weighted by molar-refractivity contribution is 5.89. The van der Waals surface area contributed by atoms with Crippen molar-refractivity contribution in [3.63, 3.8) is 0 Å². The normalized spacial score (nSPS) is 14.9. The van der Waals surface area contributed by atoms with Crippen LogP contribution in [-0.4, -0.2) is 33.4 Å². The monoisotopic (exact) mass is 300 g/mol. The summed E-state index contributed by atoms with van der Waals surface area (Å²) >= 11 is 0. The number of nitrogens with two attached hydrogens (primary N) is 1. The molecule has 1 aliphatic rings. The topological polar surface area (TPSA) is 64.1 Å². The molecule has 0 radical (unpaired) electrons. The molecule has 118 valence electrons. The van der Waals surface area contributed by atoms with Gasteiger partial charge in [0.25, 0.3) is 0 Å². The van der Waals surface area contributed by atoms with E-state index in [-0.39, 0.29) is 5.91 Å². The summed E-state index contributed by atoms with van der Waals surface area (Å²) in [5.41, 5.74) is 8.52. The van der Waals surface area contributed by atoms with Crippen LogP contribution in [0, 0.1) is 0 Å². The standard InChI is InChI=1S/C17H24N4O/c1-2-3-9-15-19-17-13(18)7-6-8-14(17)21(15)12-16(22)20-10-4-5-11-20/h6-8H,2-5,9-12,18H2,1H3. The van der Waals surface area contributed by atoms with Crippen LogP contribution in [-0.2, 0) is 17.8 Å². The Balaban J connectivity index is 1.94. The summed E-state index contributed by atoms with van der Waals surface area (Å²) in [6.07, 6.45) is 5.30. The summed E-state index contributed by atoms with van der Waals surface area (Å²) < 4.78 is 2.06. The van der Waals surface area contributed by atoms with Gasteiger partial charge in [-0.3, -0.25) is 4.79 Å². The lowest BCUT2D eigenvalue weighted by Gasteiger charge is -2.17. The molecule has 1 aromatic carbocycles. The maximum atomic E-state index is 12.5. The highest BCUT2D eigenvalue weighted by Gasteiger charge is 2.21. The van der Waals surface area contributed by atoms with Crippen molar-refractivity contribution in [1.82, 2.24) is 14.5 Å². The molecule has 1 saturated heterocycles. The number of amides is 1. The van der Waals surface area contributed by atoms with E-state index >= 15 is 0 Å². The van der Waals surface area contributed by atoms with E-state index in [1.54, 1.807) is 0 Å². The minimum absolute atomic E-state index is 0.192. The first-order chi connectivity index (χ1) is 10.7. The molecule has 0 unspecified atom stereocenters. The molecule has 2 N–H and O–H groups in total. The van der Waals surface area contributed by atoms with Gasteiger partial charge in [-0.05, 0) is 31.4 Å². The van der Waals surface area contributed by atoms with Gasteiger partial charge in [0, 0.05) is 19.5 Å². The van der Waals surface area contributed by atoms with Crippen molar-refractivity contribution in [3.8, 4) is 0 Å². The molecule has 1 amide bonds. The van der Waals surface area contributed by atoms with Gasteiger partial charge < -0.3 is 15.2 Å². The number of rotatable bonds is 5. The Labute approximate surface area is 131 Å². The Kier molecular flexibility index (Phi) is 4.32. The van der Waals surface area contributed by atoms with Crippen LogP contribution in [0.4, 0.5) is 5.69 Å². The predicted molar refractivity (Wildman–Crippen MR) is 88.6 cm³/mol. The van der Waals surface area contributed by atoms with Crippen LogP contribution >= 0.6 is 0 Å². The van der Waals surface area contributed by atoms with Gasteiger partial charge in [-0.1, -0.05) is 19.4 Å². The number of aryl methyl sites for hydroxylation is 1. The Morgan fingerprint density at radius 1 is 1.32 bits per heavy atom. The lowest BCUT2D eigenvalue weighted by atomic mass is 10.2. The van der Waals surface area contributed by atoms with Gasteiger partial charge in [-0.15, -0.1) is 0 Å². The van der Waals surface area contributed by atoms with Crippen LogP contribution in [0.15, 0.2) is 18.2 Å². The van der Waals surface area contributed by atoms with Crippen molar-refractivity contribution >= 4 is 22.6 Å². The first kappa shape index (κ1) is 14.9. The predicted octanol–water partition coefficient (Wildman–Crippen LogP) is 2.58. The molecule has 1 fully saturated rings. The van der Waals surface area contributed by atoms with Crippen LogP contribution in [0.3, 0.4) is 0 Å². The molecular formula is C17H24N4O. The first-order valence-corrected chi connectivity index (χ1v) is 8.22. The molecule has 0 bridgehead atoms. The number of likely N-dealkylation sites (tertiary alicyclic amines) is 1. The van der Waals surface area contributed by atoms with Gasteiger partial charge in [0.15, 0.2) is 0 Å². The maximum absolute atomic E-state index is 12.5. The summed E-state index contributed by atoms with van der Waals surface area (Å²) in [6.45, 7) is 4.31. The van der Waals surface area contributed by atoms with Gasteiger partial charge in [-0.2, -0.15) is 0 Å². The smallest absolute Gasteiger partial charge is 0.242 e. The zero-order valence-corrected chi connectivity index (χ0v) is 13.2. The van der Waals surface area contributed by atoms with Crippen molar-refractivity contribution in [1.29, 1.82) is 0 Å². The second kappa shape index (κ2) is 6.38. The number of para-hydroxylation sites is 1. The van der Waals surface area contributed by atoms with Gasteiger partial charge in [-0.25, -0.2) is 4.98 Å². The zero-order valence-electron chi connectivity index (χ0n) is 13.2. The minimum Gasteiger partial charge on any atom is -0.397 e. The average molecular weight is 300 g/mol. The number of unbranched alkanes of at least 4 members (excludes halogenated alkanes) is 1. The van der Waals surface area contributed by atoms with Gasteiger partial charge in [0.2, 0.25) is 5.91 Å². The molecule has 2 heterocycles. The average Bonchev–Trinajstić information content (AvgIpc) is 3.15. The van der Waals surface area contributed by atoms with E-state index < -0.39 is 0 Å². The lowest BCUT2D eigenvalue weighted by Crippen LogP contribution is -2.31. The number of nitrogens with zero attached hydrogens (tertiary/aromatic N) is 3. The van der Waals surface area contributed by atoms with Crippen molar-refractivity contribution < 1.29 is 4.79 Å². The van der Waals surface area contributed by atoms with Gasteiger partial charge >= 0.3 is 0 Å². The molecule has 1 aromatic heterocycles. The molecular weight excluding hydrogens is 276 g/mol. The maximum Gasteiger partial charge on any atom is 0.242 e. The van der Waals surface area contributed by atoms with E-state index in [4.69, 9.17) is 10.7 Å². The third-order valence-corrected chi connectivity index (χ3v) is 4.40. The lowest BCUT2D eigenvalue weighted by molar-refractivity contribution is -0.130. The fourth-order valence-electron chi connectivity index (χ4n) is 3.12. The number of carbonyl (C=O) groups excluding carboxylic acids is 1. The van der Waals surface area contributed by atoms with Crippen molar-refractivity contribution in [3.05, 3.63) is 24.0 Å². The zero-order chi connectivity index (χ0) is 15.5. The SMILES string of the molecule is CCCCc1nc2c(N)cccc2n1CC(=O)N1CCCC1. The summed E-state index contributed by atoms with van der Waals surface area (Å²) in [5, 5.41) is 0. The minimum atomic E-state index is 0.192. The van der Waals surface area contributed by atoms with Crippen LogP contribution < -0.4 is 5.73 Å². The molecule has 0 atom stereocenters. The fraction of sp³-hybridized carbons (Fsp3) is 0.529. The highest BCUT2D eigenvalue weighted by Crippen LogP contribution is 2.23. The van der Waals surface area contributed by atoms with Crippen molar-refractivity contribution in [2.45, 2.75) is 45.6 Å². The fourth-order valence-corrected chi connectivity index (χ4v) is 3.12. The summed E-state index contributed by atoms with van der Waals surface area (Å²) in [6, 6.07) is 5.80. The largest absolute Gasteiger partial charge is 0.397 e.